The topological polar surface area (TPSA) is 71.1 Å². The summed E-state index contributed by atoms with van der Waals surface area (Å²) in [6.07, 6.45) is 2.03. The molecule has 0 atom stereocenters. The number of fused-ring (bicyclic) bond motifs is 1. The van der Waals surface area contributed by atoms with Gasteiger partial charge in [-0.2, -0.15) is 0 Å². The van der Waals surface area contributed by atoms with E-state index in [4.69, 9.17) is 0 Å². The summed E-state index contributed by atoms with van der Waals surface area (Å²) >= 11 is 0. The van der Waals surface area contributed by atoms with Crippen LogP contribution >= 0.6 is 0 Å². The molecule has 27 heavy (non-hydrogen) atoms. The highest BCUT2D eigenvalue weighted by Gasteiger charge is 2.25. The van der Waals surface area contributed by atoms with Gasteiger partial charge < -0.3 is 10.6 Å². The number of aryl methyl sites for hydroxylation is 2. The SMILES string of the molecule is Cc1ccc2nc(C)cc(C(=O)Nc3ccccc3C(=O)NC3CC3)c2c1. The van der Waals surface area contributed by atoms with Crippen molar-refractivity contribution in [3.8, 4) is 0 Å². The number of rotatable bonds is 4. The molecule has 1 aliphatic rings. The number of hydrogen-bond acceptors (Lipinski definition) is 3. The molecular weight excluding hydrogens is 338 g/mol. The van der Waals surface area contributed by atoms with E-state index in [1.807, 2.05) is 38.1 Å². The lowest BCUT2D eigenvalue weighted by Crippen LogP contribution is -2.27. The van der Waals surface area contributed by atoms with E-state index in [9.17, 15) is 9.59 Å². The largest absolute Gasteiger partial charge is 0.349 e. The van der Waals surface area contributed by atoms with Crippen molar-refractivity contribution in [2.24, 2.45) is 0 Å². The Morgan fingerprint density at radius 2 is 1.74 bits per heavy atom. The number of carbonyl (C=O) groups excluding carboxylic acids is 2. The first-order valence-corrected chi connectivity index (χ1v) is 9.10. The number of hydrogen-bond donors (Lipinski definition) is 2. The Bertz CT molecular complexity index is 1050. The molecule has 5 heteroatoms. The maximum atomic E-state index is 13.0. The Kier molecular flexibility index (Phi) is 4.36. The van der Waals surface area contributed by atoms with Crippen molar-refractivity contribution in [2.45, 2.75) is 32.7 Å². The van der Waals surface area contributed by atoms with E-state index in [-0.39, 0.29) is 17.9 Å². The van der Waals surface area contributed by atoms with Crippen molar-refractivity contribution < 1.29 is 9.59 Å². The Balaban J connectivity index is 1.68. The minimum absolute atomic E-state index is 0.153. The van der Waals surface area contributed by atoms with Gasteiger partial charge in [0.05, 0.1) is 22.3 Å². The molecule has 1 aliphatic carbocycles. The van der Waals surface area contributed by atoms with Crippen molar-refractivity contribution in [3.63, 3.8) is 0 Å². The van der Waals surface area contributed by atoms with Crippen LogP contribution in [0.15, 0.2) is 48.5 Å². The first kappa shape index (κ1) is 17.2. The molecule has 2 aromatic carbocycles. The third-order valence-electron chi connectivity index (χ3n) is 4.67. The standard InChI is InChI=1S/C22H21N3O2/c1-13-7-10-20-17(11-13)18(12-14(2)23-20)22(27)25-19-6-4-3-5-16(19)21(26)24-15-8-9-15/h3-7,10-12,15H,8-9H2,1-2H3,(H,24,26)(H,25,27). The van der Waals surface area contributed by atoms with Crippen LogP contribution in [0.5, 0.6) is 0 Å². The van der Waals surface area contributed by atoms with E-state index in [0.717, 1.165) is 35.0 Å². The van der Waals surface area contributed by atoms with Gasteiger partial charge in [0.1, 0.15) is 0 Å². The minimum atomic E-state index is -0.247. The van der Waals surface area contributed by atoms with Gasteiger partial charge in [-0.15, -0.1) is 0 Å². The van der Waals surface area contributed by atoms with Gasteiger partial charge in [0.25, 0.3) is 11.8 Å². The average Bonchev–Trinajstić information content (AvgIpc) is 3.45. The number of amides is 2. The number of carbonyl (C=O) groups is 2. The molecule has 0 radical (unpaired) electrons. The van der Waals surface area contributed by atoms with E-state index in [1.54, 1.807) is 24.3 Å². The smallest absolute Gasteiger partial charge is 0.256 e. The van der Waals surface area contributed by atoms with Crippen LogP contribution in [0.2, 0.25) is 0 Å². The van der Waals surface area contributed by atoms with E-state index in [0.29, 0.717) is 16.8 Å². The molecule has 1 fully saturated rings. The van der Waals surface area contributed by atoms with Crippen LogP contribution in [0.4, 0.5) is 5.69 Å². The maximum Gasteiger partial charge on any atom is 0.256 e. The Morgan fingerprint density at radius 3 is 2.52 bits per heavy atom. The number of nitrogens with one attached hydrogen (secondary N) is 2. The third-order valence-corrected chi connectivity index (χ3v) is 4.67. The van der Waals surface area contributed by atoms with Crippen molar-refractivity contribution in [2.75, 3.05) is 5.32 Å². The number of nitrogens with zero attached hydrogens (tertiary/aromatic N) is 1. The molecule has 2 amide bonds. The van der Waals surface area contributed by atoms with Gasteiger partial charge in [-0.05, 0) is 57.0 Å². The second-order valence-corrected chi connectivity index (χ2v) is 7.08. The summed E-state index contributed by atoms with van der Waals surface area (Å²) in [6, 6.07) is 15.0. The van der Waals surface area contributed by atoms with Gasteiger partial charge in [-0.3, -0.25) is 14.6 Å². The zero-order valence-corrected chi connectivity index (χ0v) is 15.4. The van der Waals surface area contributed by atoms with Gasteiger partial charge in [0.2, 0.25) is 0 Å². The number of para-hydroxylation sites is 1. The first-order chi connectivity index (χ1) is 13.0. The highest BCUT2D eigenvalue weighted by molar-refractivity contribution is 6.14. The van der Waals surface area contributed by atoms with Gasteiger partial charge in [0.15, 0.2) is 0 Å². The van der Waals surface area contributed by atoms with Gasteiger partial charge in [-0.1, -0.05) is 23.8 Å². The van der Waals surface area contributed by atoms with Crippen molar-refractivity contribution >= 4 is 28.4 Å². The van der Waals surface area contributed by atoms with Crippen molar-refractivity contribution in [1.29, 1.82) is 0 Å². The second-order valence-electron chi connectivity index (χ2n) is 7.08. The fourth-order valence-electron chi connectivity index (χ4n) is 3.13. The highest BCUT2D eigenvalue weighted by Crippen LogP contribution is 2.24. The molecule has 1 saturated carbocycles. The summed E-state index contributed by atoms with van der Waals surface area (Å²) in [6.45, 7) is 3.85. The Hall–Kier alpha value is -3.21. The van der Waals surface area contributed by atoms with Crippen molar-refractivity contribution in [1.82, 2.24) is 10.3 Å². The fourth-order valence-corrected chi connectivity index (χ4v) is 3.13. The van der Waals surface area contributed by atoms with E-state index < -0.39 is 0 Å². The molecule has 136 valence electrons. The van der Waals surface area contributed by atoms with Gasteiger partial charge >= 0.3 is 0 Å². The molecule has 4 rings (SSSR count). The molecule has 1 heterocycles. The quantitative estimate of drug-likeness (QED) is 0.740. The molecule has 0 aliphatic heterocycles. The summed E-state index contributed by atoms with van der Waals surface area (Å²) in [5.74, 6) is -0.400. The van der Waals surface area contributed by atoms with Crippen molar-refractivity contribution in [3.05, 3.63) is 70.9 Å². The van der Waals surface area contributed by atoms with Crippen LogP contribution in [0.1, 0.15) is 44.8 Å². The van der Waals surface area contributed by atoms with E-state index >= 15 is 0 Å². The molecule has 1 aromatic heterocycles. The van der Waals surface area contributed by atoms with E-state index in [1.165, 1.54) is 0 Å². The summed E-state index contributed by atoms with van der Waals surface area (Å²) in [7, 11) is 0. The molecule has 5 nitrogen and oxygen atoms in total. The number of anilines is 1. The lowest BCUT2D eigenvalue weighted by molar-refractivity contribution is 0.0952. The lowest BCUT2D eigenvalue weighted by Gasteiger charge is -2.13. The number of benzene rings is 2. The van der Waals surface area contributed by atoms with Gasteiger partial charge in [0, 0.05) is 17.1 Å². The maximum absolute atomic E-state index is 13.0. The zero-order chi connectivity index (χ0) is 19.0. The van der Waals surface area contributed by atoms with Crippen LogP contribution in [-0.2, 0) is 0 Å². The number of aromatic nitrogens is 1. The van der Waals surface area contributed by atoms with Crippen LogP contribution in [0.25, 0.3) is 10.9 Å². The number of pyridine rings is 1. The third kappa shape index (κ3) is 3.67. The Labute approximate surface area is 157 Å². The summed E-state index contributed by atoms with van der Waals surface area (Å²) < 4.78 is 0. The minimum Gasteiger partial charge on any atom is -0.349 e. The highest BCUT2D eigenvalue weighted by atomic mass is 16.2. The lowest BCUT2D eigenvalue weighted by atomic mass is 10.0. The van der Waals surface area contributed by atoms with Crippen LogP contribution in [0.3, 0.4) is 0 Å². The fraction of sp³-hybridized carbons (Fsp3) is 0.227. The van der Waals surface area contributed by atoms with Crippen LogP contribution < -0.4 is 10.6 Å². The zero-order valence-electron chi connectivity index (χ0n) is 15.4. The molecular formula is C22H21N3O2. The summed E-state index contributed by atoms with van der Waals surface area (Å²) in [5, 5.41) is 6.69. The molecule has 0 unspecified atom stereocenters. The monoisotopic (exact) mass is 359 g/mol. The van der Waals surface area contributed by atoms with Gasteiger partial charge in [-0.25, -0.2) is 0 Å². The molecule has 0 saturated heterocycles. The van der Waals surface area contributed by atoms with E-state index in [2.05, 4.69) is 15.6 Å². The van der Waals surface area contributed by atoms with Crippen LogP contribution in [0, 0.1) is 13.8 Å². The van der Waals surface area contributed by atoms with Crippen LogP contribution in [-0.4, -0.2) is 22.8 Å². The molecule has 2 N–H and O–H groups in total. The normalized spacial score (nSPS) is 13.4. The first-order valence-electron chi connectivity index (χ1n) is 9.10. The molecule has 3 aromatic rings. The molecule has 0 bridgehead atoms. The average molecular weight is 359 g/mol. The predicted molar refractivity (Wildman–Crippen MR) is 106 cm³/mol. The summed E-state index contributed by atoms with van der Waals surface area (Å²) in [5.41, 5.74) is 4.16. The molecule has 0 spiro atoms. The predicted octanol–water partition coefficient (Wildman–Crippen LogP) is 4.00. The summed E-state index contributed by atoms with van der Waals surface area (Å²) in [4.78, 5) is 30.0. The second kappa shape index (κ2) is 6.83. The Morgan fingerprint density at radius 1 is 0.963 bits per heavy atom.